The van der Waals surface area contributed by atoms with Crippen LogP contribution in [0.4, 0.5) is 0 Å². The lowest BCUT2D eigenvalue weighted by Gasteiger charge is -2.00. The third kappa shape index (κ3) is 4.39. The van der Waals surface area contributed by atoms with E-state index in [0.717, 1.165) is 30.7 Å². The van der Waals surface area contributed by atoms with Crippen molar-refractivity contribution < 1.29 is 0 Å². The number of aliphatic imine (C=N–C) groups is 1. The number of hydrogen-bond acceptors (Lipinski definition) is 4. The number of allylic oxidation sites excluding steroid dienone is 2. The number of nitrogens with zero attached hydrogens (tertiary/aromatic N) is 4. The van der Waals surface area contributed by atoms with Gasteiger partial charge in [-0.2, -0.15) is 0 Å². The van der Waals surface area contributed by atoms with Crippen molar-refractivity contribution in [1.82, 2.24) is 15.0 Å². The molecule has 0 unspecified atom stereocenters. The molecule has 0 bridgehead atoms. The molecule has 0 N–H and O–H groups in total. The molecule has 102 valence electrons. The molecule has 0 aliphatic rings. The predicted molar refractivity (Wildman–Crippen MR) is 81.6 cm³/mol. The topological polar surface area (TPSA) is 51.0 Å². The third-order valence-electron chi connectivity index (χ3n) is 2.89. The first-order valence-electron chi connectivity index (χ1n) is 6.71. The van der Waals surface area contributed by atoms with E-state index in [0.29, 0.717) is 0 Å². The van der Waals surface area contributed by atoms with E-state index in [1.165, 1.54) is 5.56 Å². The van der Waals surface area contributed by atoms with Crippen molar-refractivity contribution >= 4 is 11.8 Å². The first-order chi connectivity index (χ1) is 9.90. The van der Waals surface area contributed by atoms with Crippen LogP contribution in [0, 0.1) is 0 Å². The van der Waals surface area contributed by atoms with E-state index in [1.807, 2.05) is 37.5 Å². The Labute approximate surface area is 119 Å². The number of pyridine rings is 1. The van der Waals surface area contributed by atoms with Crippen LogP contribution in [0.2, 0.25) is 0 Å². The summed E-state index contributed by atoms with van der Waals surface area (Å²) in [5.74, 6) is 0. The molecule has 0 fully saturated rings. The minimum atomic E-state index is 0.803. The molecule has 4 heteroatoms. The zero-order chi connectivity index (χ0) is 14.0. The van der Waals surface area contributed by atoms with Gasteiger partial charge in [0, 0.05) is 36.9 Å². The fourth-order valence-electron chi connectivity index (χ4n) is 1.83. The maximum atomic E-state index is 4.46. The molecule has 4 nitrogen and oxygen atoms in total. The van der Waals surface area contributed by atoms with Crippen molar-refractivity contribution in [3.8, 4) is 0 Å². The summed E-state index contributed by atoms with van der Waals surface area (Å²) >= 11 is 0. The summed E-state index contributed by atoms with van der Waals surface area (Å²) in [5, 5.41) is 0. The Bertz CT molecular complexity index is 562. The number of rotatable bonds is 6. The van der Waals surface area contributed by atoms with Gasteiger partial charge in [0.2, 0.25) is 0 Å². The highest BCUT2D eigenvalue weighted by molar-refractivity contribution is 6.08. The van der Waals surface area contributed by atoms with Crippen LogP contribution in [0.25, 0.3) is 5.57 Å². The second kappa shape index (κ2) is 7.94. The molecule has 2 heterocycles. The van der Waals surface area contributed by atoms with E-state index in [-0.39, 0.29) is 0 Å². The van der Waals surface area contributed by atoms with Gasteiger partial charge < -0.3 is 0 Å². The number of aromatic nitrogens is 3. The van der Waals surface area contributed by atoms with E-state index in [2.05, 4.69) is 26.0 Å². The lowest BCUT2D eigenvalue weighted by atomic mass is 10.1. The van der Waals surface area contributed by atoms with Gasteiger partial charge in [0.25, 0.3) is 0 Å². The first-order valence-corrected chi connectivity index (χ1v) is 6.71. The van der Waals surface area contributed by atoms with Crippen LogP contribution in [0.15, 0.2) is 54.2 Å². The van der Waals surface area contributed by atoms with Gasteiger partial charge in [0.1, 0.15) is 6.33 Å². The quantitative estimate of drug-likeness (QED) is 0.596. The molecule has 0 aromatic carbocycles. The summed E-state index contributed by atoms with van der Waals surface area (Å²) in [4.78, 5) is 16.7. The average Bonchev–Trinajstić information content (AvgIpc) is 2.53. The molecule has 0 saturated carbocycles. The molecule has 2 aromatic rings. The standard InChI is InChI=1S/C16H18N4/c1-2-15(16-7-10-19-13-20-16)12-18-9-4-6-14-5-3-8-17-11-14/h2-3,5,7-8,10-13H,4,6,9H2,1H3. The van der Waals surface area contributed by atoms with E-state index >= 15 is 0 Å². The lowest BCUT2D eigenvalue weighted by molar-refractivity contribution is 0.832. The molecule has 0 aliphatic heterocycles. The van der Waals surface area contributed by atoms with Gasteiger partial charge >= 0.3 is 0 Å². The minimum absolute atomic E-state index is 0.803. The number of hydrogen-bond donors (Lipinski definition) is 0. The lowest BCUT2D eigenvalue weighted by Crippen LogP contribution is -1.93. The Morgan fingerprint density at radius 1 is 1.25 bits per heavy atom. The van der Waals surface area contributed by atoms with E-state index < -0.39 is 0 Å². The normalized spacial score (nSPS) is 11.9. The van der Waals surface area contributed by atoms with Crippen LogP contribution in [0.3, 0.4) is 0 Å². The van der Waals surface area contributed by atoms with Crippen LogP contribution in [0.1, 0.15) is 24.6 Å². The zero-order valence-corrected chi connectivity index (χ0v) is 11.6. The fourth-order valence-corrected chi connectivity index (χ4v) is 1.83. The first kappa shape index (κ1) is 14.1. The zero-order valence-electron chi connectivity index (χ0n) is 11.6. The van der Waals surface area contributed by atoms with Crippen molar-refractivity contribution in [2.75, 3.05) is 6.54 Å². The van der Waals surface area contributed by atoms with Gasteiger partial charge in [-0.25, -0.2) is 9.97 Å². The summed E-state index contributed by atoms with van der Waals surface area (Å²) in [6.07, 6.45) is 12.9. The van der Waals surface area contributed by atoms with Gasteiger partial charge in [-0.3, -0.25) is 9.98 Å². The minimum Gasteiger partial charge on any atom is -0.292 e. The highest BCUT2D eigenvalue weighted by atomic mass is 14.8. The molecule has 0 amide bonds. The molecule has 0 aliphatic carbocycles. The smallest absolute Gasteiger partial charge is 0.116 e. The molecule has 20 heavy (non-hydrogen) atoms. The van der Waals surface area contributed by atoms with E-state index in [1.54, 1.807) is 18.7 Å². The summed E-state index contributed by atoms with van der Waals surface area (Å²) < 4.78 is 0. The Morgan fingerprint density at radius 3 is 2.90 bits per heavy atom. The summed E-state index contributed by atoms with van der Waals surface area (Å²) in [6.45, 7) is 2.79. The SMILES string of the molecule is CC=C(C=NCCCc1cccnc1)c1ccncn1. The van der Waals surface area contributed by atoms with Gasteiger partial charge in [-0.15, -0.1) is 0 Å². The van der Waals surface area contributed by atoms with Crippen LogP contribution in [0.5, 0.6) is 0 Å². The van der Waals surface area contributed by atoms with Crippen molar-refractivity contribution in [1.29, 1.82) is 0 Å². The van der Waals surface area contributed by atoms with Crippen LogP contribution >= 0.6 is 0 Å². The molecule has 2 rings (SSSR count). The summed E-state index contributed by atoms with van der Waals surface area (Å²) in [7, 11) is 0. The average molecular weight is 266 g/mol. The fraction of sp³-hybridized carbons (Fsp3) is 0.250. The molecule has 0 atom stereocenters. The van der Waals surface area contributed by atoms with Crippen molar-refractivity contribution in [3.63, 3.8) is 0 Å². The molecule has 0 saturated heterocycles. The van der Waals surface area contributed by atoms with E-state index in [4.69, 9.17) is 0 Å². The largest absolute Gasteiger partial charge is 0.292 e. The Kier molecular flexibility index (Phi) is 5.58. The molecule has 2 aromatic heterocycles. The van der Waals surface area contributed by atoms with Gasteiger partial charge in [-0.05, 0) is 37.5 Å². The summed E-state index contributed by atoms with van der Waals surface area (Å²) in [6, 6.07) is 5.94. The summed E-state index contributed by atoms with van der Waals surface area (Å²) in [5.41, 5.74) is 3.18. The van der Waals surface area contributed by atoms with Gasteiger partial charge in [-0.1, -0.05) is 12.1 Å². The van der Waals surface area contributed by atoms with Gasteiger partial charge in [0.15, 0.2) is 0 Å². The Balaban J connectivity index is 1.81. The third-order valence-corrected chi connectivity index (χ3v) is 2.89. The second-order valence-corrected chi connectivity index (χ2v) is 4.34. The van der Waals surface area contributed by atoms with Crippen LogP contribution in [-0.2, 0) is 6.42 Å². The van der Waals surface area contributed by atoms with Gasteiger partial charge in [0.05, 0.1) is 5.69 Å². The van der Waals surface area contributed by atoms with Crippen molar-refractivity contribution in [2.45, 2.75) is 19.8 Å². The number of aryl methyl sites for hydroxylation is 1. The predicted octanol–water partition coefficient (Wildman–Crippen LogP) is 2.98. The molecule has 0 radical (unpaired) electrons. The van der Waals surface area contributed by atoms with Crippen LogP contribution < -0.4 is 0 Å². The maximum Gasteiger partial charge on any atom is 0.116 e. The monoisotopic (exact) mass is 266 g/mol. The second-order valence-electron chi connectivity index (χ2n) is 4.34. The molecular formula is C16H18N4. The Morgan fingerprint density at radius 2 is 2.20 bits per heavy atom. The van der Waals surface area contributed by atoms with Crippen molar-refractivity contribution in [2.24, 2.45) is 4.99 Å². The Hall–Kier alpha value is -2.36. The molecule has 0 spiro atoms. The van der Waals surface area contributed by atoms with Crippen LogP contribution in [-0.4, -0.2) is 27.7 Å². The highest BCUT2D eigenvalue weighted by Crippen LogP contribution is 2.07. The van der Waals surface area contributed by atoms with E-state index in [9.17, 15) is 0 Å². The van der Waals surface area contributed by atoms with Crippen molar-refractivity contribution in [3.05, 3.63) is 60.5 Å². The maximum absolute atomic E-state index is 4.46. The highest BCUT2D eigenvalue weighted by Gasteiger charge is 1.97. The molecular weight excluding hydrogens is 248 g/mol.